The smallest absolute Gasteiger partial charge is 0.313 e. The Kier molecular flexibility index (Phi) is 10.4. The molecule has 8 atom stereocenters. The third kappa shape index (κ3) is 6.44. The summed E-state index contributed by atoms with van der Waals surface area (Å²) >= 11 is 3.63. The van der Waals surface area contributed by atoms with E-state index >= 15 is 4.79 Å². The maximum Gasteiger partial charge on any atom is 0.313 e. The van der Waals surface area contributed by atoms with Gasteiger partial charge in [0.2, 0.25) is 11.8 Å². The maximum atomic E-state index is 15.3. The normalized spacial score (nSPS) is 31.4. The summed E-state index contributed by atoms with van der Waals surface area (Å²) in [5.74, 6) is -3.75. The number of halogens is 1. The molecular weight excluding hydrogens is 702 g/mol. The largest absolute Gasteiger partial charge is 0.455 e. The zero-order valence-electron chi connectivity index (χ0n) is 29.2. The molecule has 4 aliphatic rings. The average molecular weight is 749 g/mol. The Balaban J connectivity index is 1.52. The van der Waals surface area contributed by atoms with Crippen molar-refractivity contribution >= 4 is 45.3 Å². The number of fused-ring (bicyclic) bond motifs is 2. The van der Waals surface area contributed by atoms with Gasteiger partial charge in [0, 0.05) is 23.1 Å². The van der Waals surface area contributed by atoms with Crippen LogP contribution in [0.1, 0.15) is 62.8 Å². The number of carbonyl (C=O) groups is 4. The van der Waals surface area contributed by atoms with Gasteiger partial charge in [-0.1, -0.05) is 84.4 Å². The van der Waals surface area contributed by atoms with Crippen LogP contribution in [-0.4, -0.2) is 76.7 Å². The molecular formula is C39H46BrN3O7. The number of cyclic esters (lactones) is 1. The molecule has 11 heteroatoms. The molecule has 2 saturated heterocycles. The Hall–Kier alpha value is -3.80. The van der Waals surface area contributed by atoms with Crippen LogP contribution in [0, 0.1) is 31.6 Å². The van der Waals surface area contributed by atoms with Crippen LogP contribution in [-0.2, 0) is 28.7 Å². The zero-order valence-corrected chi connectivity index (χ0v) is 30.8. The van der Waals surface area contributed by atoms with E-state index in [-0.39, 0.29) is 37.3 Å². The van der Waals surface area contributed by atoms with Crippen molar-refractivity contribution < 1.29 is 33.8 Å². The van der Waals surface area contributed by atoms with Gasteiger partial charge in [-0.15, -0.1) is 0 Å². The number of likely N-dealkylation sites (tertiary alicyclic amines) is 1. The van der Waals surface area contributed by atoms with E-state index in [1.807, 2.05) is 88.4 Å². The lowest BCUT2D eigenvalue weighted by molar-refractivity contribution is -0.161. The van der Waals surface area contributed by atoms with Gasteiger partial charge in [0.1, 0.15) is 29.8 Å². The highest BCUT2D eigenvalue weighted by Crippen LogP contribution is 2.59. The van der Waals surface area contributed by atoms with Crippen LogP contribution >= 0.6 is 15.9 Å². The van der Waals surface area contributed by atoms with Crippen molar-refractivity contribution in [2.24, 2.45) is 17.8 Å². The molecule has 5 bridgehead atoms. The third-order valence-electron chi connectivity index (χ3n) is 10.3. The van der Waals surface area contributed by atoms with E-state index in [9.17, 15) is 19.5 Å². The molecule has 266 valence electrons. The number of carbonyl (C=O) groups excluding carboxylic acids is 4. The SMILES string of the molecule is Cc1ccc(C)c(N2C/C=C\CCC(=O)N[C@@H](C)[C@H](c3ccccc3)OC(=O)[C@H]3[C@@H]4O[C@@]5(C=C4Br)[C@@H]3C(=O)N([C@@H](CO)CC(C)C)[C@@H]5C2=O)c1. The van der Waals surface area contributed by atoms with Crippen LogP contribution in [0.4, 0.5) is 5.69 Å². The number of aryl methyl sites for hydroxylation is 2. The minimum absolute atomic E-state index is 0.0980. The molecule has 3 amide bonds. The van der Waals surface area contributed by atoms with Crippen molar-refractivity contribution in [2.75, 3.05) is 18.1 Å². The molecule has 10 nitrogen and oxygen atoms in total. The van der Waals surface area contributed by atoms with Gasteiger partial charge in [-0.25, -0.2) is 0 Å². The predicted molar refractivity (Wildman–Crippen MR) is 192 cm³/mol. The summed E-state index contributed by atoms with van der Waals surface area (Å²) in [5, 5.41) is 13.8. The first-order valence-electron chi connectivity index (χ1n) is 17.5. The van der Waals surface area contributed by atoms with Crippen LogP contribution in [0.25, 0.3) is 0 Å². The highest BCUT2D eigenvalue weighted by Gasteiger charge is 2.75. The molecule has 0 aliphatic carbocycles. The lowest BCUT2D eigenvalue weighted by Crippen LogP contribution is -2.59. The number of allylic oxidation sites excluding steroid dienone is 1. The predicted octanol–water partition coefficient (Wildman–Crippen LogP) is 5.06. The molecule has 2 aromatic carbocycles. The van der Waals surface area contributed by atoms with Crippen molar-refractivity contribution in [1.29, 1.82) is 0 Å². The van der Waals surface area contributed by atoms with Gasteiger partial charge in [-0.2, -0.15) is 0 Å². The summed E-state index contributed by atoms with van der Waals surface area (Å²) in [5.41, 5.74) is 1.69. The lowest BCUT2D eigenvalue weighted by Gasteiger charge is -2.39. The van der Waals surface area contributed by atoms with Crippen molar-refractivity contribution in [3.05, 3.63) is 87.9 Å². The molecule has 0 radical (unpaired) electrons. The number of hydrogen-bond acceptors (Lipinski definition) is 7. The topological polar surface area (TPSA) is 125 Å². The minimum Gasteiger partial charge on any atom is -0.455 e. The zero-order chi connectivity index (χ0) is 35.9. The number of rotatable bonds is 6. The van der Waals surface area contributed by atoms with Crippen LogP contribution < -0.4 is 10.2 Å². The van der Waals surface area contributed by atoms with Gasteiger partial charge in [0.25, 0.3) is 5.91 Å². The maximum absolute atomic E-state index is 15.3. The van der Waals surface area contributed by atoms with Gasteiger partial charge in [0.15, 0.2) is 0 Å². The number of benzene rings is 2. The first-order valence-corrected chi connectivity index (χ1v) is 18.2. The van der Waals surface area contributed by atoms with Gasteiger partial charge >= 0.3 is 5.97 Å². The number of amides is 3. The van der Waals surface area contributed by atoms with Gasteiger partial charge < -0.3 is 29.7 Å². The number of aliphatic hydroxyl groups is 1. The van der Waals surface area contributed by atoms with Gasteiger partial charge in [-0.3, -0.25) is 19.2 Å². The van der Waals surface area contributed by atoms with E-state index in [1.165, 1.54) is 4.90 Å². The molecule has 2 aromatic rings. The Labute approximate surface area is 302 Å². The van der Waals surface area contributed by atoms with Crippen molar-refractivity contribution in [3.63, 3.8) is 0 Å². The van der Waals surface area contributed by atoms with E-state index in [1.54, 1.807) is 17.9 Å². The molecule has 4 aliphatic heterocycles. The summed E-state index contributed by atoms with van der Waals surface area (Å²) in [6.07, 6.45) is 4.87. The number of nitrogens with one attached hydrogen (secondary N) is 1. The summed E-state index contributed by atoms with van der Waals surface area (Å²) in [7, 11) is 0. The summed E-state index contributed by atoms with van der Waals surface area (Å²) in [6, 6.07) is 12.6. The van der Waals surface area contributed by atoms with Crippen molar-refractivity contribution in [3.8, 4) is 0 Å². The first kappa shape index (κ1) is 36.0. The minimum atomic E-state index is -1.50. The number of anilines is 1. The molecule has 6 rings (SSSR count). The van der Waals surface area contributed by atoms with Crippen LogP contribution in [0.15, 0.2) is 71.2 Å². The van der Waals surface area contributed by atoms with Crippen molar-refractivity contribution in [1.82, 2.24) is 10.2 Å². The number of ether oxygens (including phenoxy) is 2. The van der Waals surface area contributed by atoms with Crippen LogP contribution in [0.3, 0.4) is 0 Å². The monoisotopic (exact) mass is 747 g/mol. The second-order valence-corrected chi connectivity index (χ2v) is 15.3. The second kappa shape index (κ2) is 14.4. The highest BCUT2D eigenvalue weighted by atomic mass is 79.9. The highest BCUT2D eigenvalue weighted by molar-refractivity contribution is 9.11. The van der Waals surface area contributed by atoms with Gasteiger partial charge in [-0.05, 0) is 68.4 Å². The quantitative estimate of drug-likeness (QED) is 0.313. The van der Waals surface area contributed by atoms with Crippen LogP contribution in [0.5, 0.6) is 0 Å². The second-order valence-electron chi connectivity index (χ2n) is 14.4. The Morgan fingerprint density at radius 1 is 1.02 bits per heavy atom. The van der Waals surface area contributed by atoms with Gasteiger partial charge in [0.05, 0.1) is 24.6 Å². The lowest BCUT2D eigenvalue weighted by atomic mass is 9.74. The van der Waals surface area contributed by atoms with E-state index in [0.717, 1.165) is 11.1 Å². The molecule has 0 unspecified atom stereocenters. The number of aliphatic hydroxyl groups excluding tert-OH is 1. The molecule has 50 heavy (non-hydrogen) atoms. The fourth-order valence-electron chi connectivity index (χ4n) is 8.10. The van der Waals surface area contributed by atoms with E-state index in [2.05, 4.69) is 21.2 Å². The first-order chi connectivity index (χ1) is 23.9. The summed E-state index contributed by atoms with van der Waals surface area (Å²) in [4.78, 5) is 60.9. The number of nitrogens with zero attached hydrogens (tertiary/aromatic N) is 2. The molecule has 4 heterocycles. The fourth-order valence-corrected chi connectivity index (χ4v) is 8.84. The standard InChI is InChI=1S/C39H46BrN3O7/c1-22(2)18-27(21-44)43-35-37(47)42(29-19-23(3)15-16-24(29)4)17-11-7-10-14-30(45)41-25(5)33(26-12-8-6-9-13-26)49-38(48)31-32(36(43)46)39(35)20-28(40)34(31)50-39/h6-9,11-13,15-16,19-20,22,25,27,31-35,44H,10,14,17-18,21H2,1-5H3,(H,41,45)/b11-7-/t25-,27+,31+,32-,33+,34+,35+,39-/m0/s1. The molecule has 0 saturated carbocycles. The summed E-state index contributed by atoms with van der Waals surface area (Å²) < 4.78 is 13.5. The van der Waals surface area contributed by atoms with Crippen LogP contribution in [0.2, 0.25) is 0 Å². The Bertz CT molecular complexity index is 1710. The van der Waals surface area contributed by atoms with Crippen molar-refractivity contribution in [2.45, 2.75) is 89.8 Å². The molecule has 2 fully saturated rings. The Morgan fingerprint density at radius 3 is 2.46 bits per heavy atom. The third-order valence-corrected chi connectivity index (χ3v) is 11.0. The molecule has 0 aromatic heterocycles. The van der Waals surface area contributed by atoms with E-state index < -0.39 is 59.6 Å². The fraction of sp³-hybridized carbons (Fsp3) is 0.487. The number of hydrogen-bond donors (Lipinski definition) is 2. The van der Waals surface area contributed by atoms with E-state index in [0.29, 0.717) is 28.6 Å². The molecule has 1 spiro atoms. The summed E-state index contributed by atoms with van der Waals surface area (Å²) in [6.45, 7) is 9.47. The van der Waals surface area contributed by atoms with E-state index in [4.69, 9.17) is 9.47 Å². The average Bonchev–Trinajstić information content (AvgIpc) is 3.68. The molecule has 2 N–H and O–H groups in total. The Morgan fingerprint density at radius 2 is 1.76 bits per heavy atom. The number of esters is 1.